The number of unbranched alkanes of at least 4 members (excludes halogenated alkanes) is 7. The van der Waals surface area contributed by atoms with Crippen LogP contribution in [0.4, 0.5) is 0 Å². The first-order valence-corrected chi connectivity index (χ1v) is 17.5. The average molecular weight is 643 g/mol. The van der Waals surface area contributed by atoms with Gasteiger partial charge in [0.25, 0.3) is 0 Å². The maximum Gasteiger partial charge on any atom is 0.121 e. The Labute approximate surface area is 287 Å². The van der Waals surface area contributed by atoms with Gasteiger partial charge in [0.1, 0.15) is 23.6 Å². The average Bonchev–Trinajstić information content (AvgIpc) is 3.14. The van der Waals surface area contributed by atoms with Crippen molar-refractivity contribution < 1.29 is 9.47 Å². The Morgan fingerprint density at radius 3 is 1.17 bits per heavy atom. The maximum absolute atomic E-state index is 9.62. The Balaban J connectivity index is 0.970. The number of nitriles is 2. The lowest BCUT2D eigenvalue weighted by molar-refractivity contribution is 0.301. The van der Waals surface area contributed by atoms with E-state index in [0.29, 0.717) is 0 Å². The summed E-state index contributed by atoms with van der Waals surface area (Å²) in [5.41, 5.74) is 4.46. The van der Waals surface area contributed by atoms with E-state index in [9.17, 15) is 10.5 Å². The first kappa shape index (κ1) is 36.2. The summed E-state index contributed by atoms with van der Waals surface area (Å²) in [6.07, 6.45) is 11.2. The molecule has 2 unspecified atom stereocenters. The largest absolute Gasteiger partial charge is 0.494 e. The molecule has 0 aliphatic carbocycles. The van der Waals surface area contributed by atoms with E-state index in [1.165, 1.54) is 49.7 Å². The molecule has 6 heteroatoms. The van der Waals surface area contributed by atoms with Gasteiger partial charge in [-0.05, 0) is 72.2 Å². The molecule has 4 aromatic carbocycles. The fraction of sp³-hybridized carbons (Fsp3) is 0.381. The van der Waals surface area contributed by atoms with Gasteiger partial charge >= 0.3 is 0 Å². The molecule has 0 aliphatic heterocycles. The molecule has 0 aliphatic rings. The minimum absolute atomic E-state index is 0.323. The molecule has 0 radical (unpaired) electrons. The molecule has 2 atom stereocenters. The molecule has 250 valence electrons. The fourth-order valence-corrected chi connectivity index (χ4v) is 5.64. The predicted octanol–water partition coefficient (Wildman–Crippen LogP) is 9.06. The van der Waals surface area contributed by atoms with Gasteiger partial charge in [-0.3, -0.25) is 10.6 Å². The van der Waals surface area contributed by atoms with Crippen LogP contribution in [0.3, 0.4) is 0 Å². The lowest BCUT2D eigenvalue weighted by Gasteiger charge is -2.13. The smallest absolute Gasteiger partial charge is 0.121 e. The van der Waals surface area contributed by atoms with Gasteiger partial charge in [0.15, 0.2) is 0 Å². The van der Waals surface area contributed by atoms with Gasteiger partial charge in [0, 0.05) is 13.1 Å². The van der Waals surface area contributed by atoms with E-state index < -0.39 is 0 Å². The van der Waals surface area contributed by atoms with Crippen molar-refractivity contribution in [2.75, 3.05) is 26.3 Å². The summed E-state index contributed by atoms with van der Waals surface area (Å²) in [5, 5.41) is 25.9. The topological polar surface area (TPSA) is 90.1 Å². The number of rotatable bonds is 23. The highest BCUT2D eigenvalue weighted by Crippen LogP contribution is 2.20. The molecule has 0 spiro atoms. The third-order valence-electron chi connectivity index (χ3n) is 8.47. The molecule has 4 aromatic rings. The van der Waals surface area contributed by atoms with Crippen molar-refractivity contribution in [3.05, 3.63) is 131 Å². The fourth-order valence-electron chi connectivity index (χ4n) is 5.64. The van der Waals surface area contributed by atoms with Gasteiger partial charge in [-0.2, -0.15) is 10.5 Å². The van der Waals surface area contributed by atoms with Crippen molar-refractivity contribution in [2.24, 2.45) is 0 Å². The Kier molecular flexibility index (Phi) is 16.6. The summed E-state index contributed by atoms with van der Waals surface area (Å²) in [6.45, 7) is 2.95. The molecule has 48 heavy (non-hydrogen) atoms. The highest BCUT2D eigenvalue weighted by atomic mass is 16.5. The zero-order valence-corrected chi connectivity index (χ0v) is 28.2. The van der Waals surface area contributed by atoms with E-state index >= 15 is 0 Å². The molecule has 4 rings (SSSR count). The quantitative estimate of drug-likeness (QED) is 0.0785. The van der Waals surface area contributed by atoms with E-state index in [-0.39, 0.29) is 12.1 Å². The zero-order chi connectivity index (χ0) is 33.5. The molecule has 0 aromatic heterocycles. The molecule has 0 amide bonds. The summed E-state index contributed by atoms with van der Waals surface area (Å²) in [6, 6.07) is 40.5. The van der Waals surface area contributed by atoms with Crippen LogP contribution in [0.25, 0.3) is 0 Å². The minimum atomic E-state index is -0.323. The lowest BCUT2D eigenvalue weighted by atomic mass is 10.1. The van der Waals surface area contributed by atoms with Gasteiger partial charge in [-0.25, -0.2) is 0 Å². The third-order valence-corrected chi connectivity index (χ3v) is 8.47. The van der Waals surface area contributed by atoms with Crippen LogP contribution in [0.1, 0.15) is 85.7 Å². The second kappa shape index (κ2) is 22.0. The molecule has 6 nitrogen and oxygen atoms in total. The van der Waals surface area contributed by atoms with Crippen LogP contribution in [0.2, 0.25) is 0 Å². The summed E-state index contributed by atoms with van der Waals surface area (Å²) >= 11 is 0. The summed E-state index contributed by atoms with van der Waals surface area (Å²) < 4.78 is 11.9. The molecule has 0 heterocycles. The molecule has 0 saturated carbocycles. The first-order valence-electron chi connectivity index (χ1n) is 17.5. The molecule has 0 bridgehead atoms. The van der Waals surface area contributed by atoms with Crippen LogP contribution >= 0.6 is 0 Å². The van der Waals surface area contributed by atoms with Crippen molar-refractivity contribution >= 4 is 0 Å². The normalized spacial score (nSPS) is 12.0. The number of hydrogen-bond acceptors (Lipinski definition) is 6. The number of benzene rings is 4. The van der Waals surface area contributed by atoms with Gasteiger partial charge in [0.2, 0.25) is 0 Å². The lowest BCUT2D eigenvalue weighted by Crippen LogP contribution is -2.22. The first-order chi connectivity index (χ1) is 23.7. The van der Waals surface area contributed by atoms with E-state index in [1.54, 1.807) is 0 Å². The number of hydrogen-bond donors (Lipinski definition) is 2. The molecular formula is C42H50N4O2. The third kappa shape index (κ3) is 13.6. The standard InChI is InChI=1S/C42H50N4O2/c43-33-41(45-29-27-35-15-9-7-10-16-35)37-19-23-39(24-20-37)47-31-13-5-3-1-2-4-6-14-32-48-40-25-21-38(22-26-40)42(34-44)46-30-28-36-17-11-8-12-18-36/h7-12,15-26,41-42,45-46H,1-6,13-14,27-32H2. The molecular weight excluding hydrogens is 592 g/mol. The van der Waals surface area contributed by atoms with Crippen LogP contribution in [0.5, 0.6) is 11.5 Å². The SMILES string of the molecule is N#CC(NCCc1ccccc1)c1ccc(OCCCCCCCCCCOc2ccc(C(C#N)NCCc3ccccc3)cc2)cc1. The number of ether oxygens (including phenoxy) is 2. The number of nitrogens with one attached hydrogen (secondary N) is 2. The zero-order valence-electron chi connectivity index (χ0n) is 28.2. The van der Waals surface area contributed by atoms with E-state index in [4.69, 9.17) is 9.47 Å². The van der Waals surface area contributed by atoms with Crippen LogP contribution in [-0.2, 0) is 12.8 Å². The summed E-state index contributed by atoms with van der Waals surface area (Å²) in [7, 11) is 0. The van der Waals surface area contributed by atoms with Gasteiger partial charge in [-0.1, -0.05) is 123 Å². The molecule has 2 N–H and O–H groups in total. The highest BCUT2D eigenvalue weighted by molar-refractivity contribution is 5.32. The van der Waals surface area contributed by atoms with E-state index in [1.807, 2.05) is 84.9 Å². The minimum Gasteiger partial charge on any atom is -0.494 e. The number of nitrogens with zero attached hydrogens (tertiary/aromatic N) is 2. The van der Waals surface area contributed by atoms with E-state index in [0.717, 1.165) is 74.6 Å². The Morgan fingerprint density at radius 1 is 0.458 bits per heavy atom. The van der Waals surface area contributed by atoms with Crippen LogP contribution in [0, 0.1) is 22.7 Å². The summed E-state index contributed by atoms with van der Waals surface area (Å²) in [4.78, 5) is 0. The predicted molar refractivity (Wildman–Crippen MR) is 194 cm³/mol. The monoisotopic (exact) mass is 642 g/mol. The van der Waals surface area contributed by atoms with Crippen LogP contribution in [0.15, 0.2) is 109 Å². The molecule has 0 saturated heterocycles. The van der Waals surface area contributed by atoms with Crippen molar-refractivity contribution in [2.45, 2.75) is 76.3 Å². The van der Waals surface area contributed by atoms with Gasteiger partial charge < -0.3 is 9.47 Å². The van der Waals surface area contributed by atoms with Gasteiger partial charge in [0.05, 0.1) is 25.4 Å². The van der Waals surface area contributed by atoms with Crippen LogP contribution < -0.4 is 20.1 Å². The van der Waals surface area contributed by atoms with Crippen molar-refractivity contribution in [1.29, 1.82) is 10.5 Å². The summed E-state index contributed by atoms with van der Waals surface area (Å²) in [5.74, 6) is 1.71. The van der Waals surface area contributed by atoms with Crippen molar-refractivity contribution in [3.8, 4) is 23.6 Å². The second-order valence-corrected chi connectivity index (χ2v) is 12.2. The van der Waals surface area contributed by atoms with Crippen LogP contribution in [-0.4, -0.2) is 26.3 Å². The van der Waals surface area contributed by atoms with E-state index in [2.05, 4.69) is 47.0 Å². The van der Waals surface area contributed by atoms with Crippen molar-refractivity contribution in [1.82, 2.24) is 10.6 Å². The second-order valence-electron chi connectivity index (χ2n) is 12.2. The van der Waals surface area contributed by atoms with Gasteiger partial charge in [-0.15, -0.1) is 0 Å². The Bertz CT molecular complexity index is 1380. The molecule has 0 fully saturated rings. The van der Waals surface area contributed by atoms with Crippen molar-refractivity contribution in [3.63, 3.8) is 0 Å². The Morgan fingerprint density at radius 2 is 0.812 bits per heavy atom. The maximum atomic E-state index is 9.62. The highest BCUT2D eigenvalue weighted by Gasteiger charge is 2.11. The Hall–Kier alpha value is -4.62.